The van der Waals surface area contributed by atoms with Crippen molar-refractivity contribution in [2.45, 2.75) is 25.3 Å². The second-order valence-electron chi connectivity index (χ2n) is 4.51. The van der Waals surface area contributed by atoms with Gasteiger partial charge >= 0.3 is 0 Å². The Hall–Kier alpha value is -1.56. The molecule has 18 heavy (non-hydrogen) atoms. The summed E-state index contributed by atoms with van der Waals surface area (Å²) in [6.07, 6.45) is 1.96. The number of hydrogen-bond donors (Lipinski definition) is 2. The fourth-order valence-electron chi connectivity index (χ4n) is 2.13. The van der Waals surface area contributed by atoms with Crippen LogP contribution in [0.3, 0.4) is 0 Å². The van der Waals surface area contributed by atoms with E-state index >= 15 is 0 Å². The predicted molar refractivity (Wildman–Crippen MR) is 60.3 cm³/mol. The molecule has 1 aromatic rings. The monoisotopic (exact) mass is 258 g/mol. The van der Waals surface area contributed by atoms with Crippen molar-refractivity contribution < 1.29 is 18.0 Å². The molecule has 98 valence electrons. The smallest absolute Gasteiger partial charge is 0.227 e. The van der Waals surface area contributed by atoms with Gasteiger partial charge in [0.25, 0.3) is 0 Å². The number of nitrogens with one attached hydrogen (secondary N) is 1. The van der Waals surface area contributed by atoms with Gasteiger partial charge in [-0.05, 0) is 19.3 Å². The number of benzene rings is 1. The highest BCUT2D eigenvalue weighted by Gasteiger charge is 2.28. The molecule has 1 fully saturated rings. The SMILES string of the molecule is NC1CCC(C(=O)Nc2cc(F)c(F)c(F)c2)C1. The van der Waals surface area contributed by atoms with Crippen molar-refractivity contribution in [3.05, 3.63) is 29.6 Å². The van der Waals surface area contributed by atoms with Gasteiger partial charge in [-0.15, -0.1) is 0 Å². The van der Waals surface area contributed by atoms with Crippen LogP contribution in [0.4, 0.5) is 18.9 Å². The van der Waals surface area contributed by atoms with Crippen LogP contribution in [0.25, 0.3) is 0 Å². The van der Waals surface area contributed by atoms with Gasteiger partial charge in [0, 0.05) is 29.8 Å². The number of rotatable bonds is 2. The third-order valence-corrected chi connectivity index (χ3v) is 3.10. The van der Waals surface area contributed by atoms with E-state index in [1.54, 1.807) is 0 Å². The van der Waals surface area contributed by atoms with Gasteiger partial charge in [0.2, 0.25) is 5.91 Å². The maximum absolute atomic E-state index is 12.9. The van der Waals surface area contributed by atoms with Crippen LogP contribution < -0.4 is 11.1 Å². The molecule has 0 heterocycles. The minimum atomic E-state index is -1.55. The molecule has 2 atom stereocenters. The first-order valence-electron chi connectivity index (χ1n) is 5.68. The molecule has 1 aliphatic carbocycles. The van der Waals surface area contributed by atoms with E-state index in [4.69, 9.17) is 5.73 Å². The first kappa shape index (κ1) is 12.9. The molecule has 0 saturated heterocycles. The molecular formula is C12H13F3N2O. The maximum atomic E-state index is 12.9. The molecular weight excluding hydrogens is 245 g/mol. The van der Waals surface area contributed by atoms with Crippen LogP contribution in [0.1, 0.15) is 19.3 Å². The van der Waals surface area contributed by atoms with Crippen LogP contribution in [0, 0.1) is 23.4 Å². The number of amides is 1. The van der Waals surface area contributed by atoms with Crippen LogP contribution in [0.15, 0.2) is 12.1 Å². The third kappa shape index (κ3) is 2.64. The van der Waals surface area contributed by atoms with E-state index in [1.165, 1.54) is 0 Å². The Morgan fingerprint density at radius 2 is 1.83 bits per heavy atom. The highest BCUT2D eigenvalue weighted by molar-refractivity contribution is 5.92. The summed E-state index contributed by atoms with van der Waals surface area (Å²) in [7, 11) is 0. The molecule has 3 nitrogen and oxygen atoms in total. The summed E-state index contributed by atoms with van der Waals surface area (Å²) in [6.45, 7) is 0. The fraction of sp³-hybridized carbons (Fsp3) is 0.417. The molecule has 2 rings (SSSR count). The van der Waals surface area contributed by atoms with Crippen molar-refractivity contribution >= 4 is 11.6 Å². The van der Waals surface area contributed by atoms with Crippen molar-refractivity contribution in [1.29, 1.82) is 0 Å². The fourth-order valence-corrected chi connectivity index (χ4v) is 2.13. The van der Waals surface area contributed by atoms with Crippen molar-refractivity contribution in [2.24, 2.45) is 11.7 Å². The second kappa shape index (κ2) is 4.97. The first-order valence-corrected chi connectivity index (χ1v) is 5.68. The summed E-state index contributed by atoms with van der Waals surface area (Å²) < 4.78 is 38.6. The molecule has 3 N–H and O–H groups in total. The quantitative estimate of drug-likeness (QED) is 0.799. The number of carbonyl (C=O) groups is 1. The molecule has 2 unspecified atom stereocenters. The van der Waals surface area contributed by atoms with Gasteiger partial charge in [-0.2, -0.15) is 0 Å². The van der Waals surface area contributed by atoms with Crippen molar-refractivity contribution in [3.63, 3.8) is 0 Å². The van der Waals surface area contributed by atoms with Gasteiger partial charge in [0.05, 0.1) is 0 Å². The summed E-state index contributed by atoms with van der Waals surface area (Å²) in [4.78, 5) is 11.8. The van der Waals surface area contributed by atoms with Crippen LogP contribution in [-0.4, -0.2) is 11.9 Å². The summed E-state index contributed by atoms with van der Waals surface area (Å²) >= 11 is 0. The molecule has 0 aromatic heterocycles. The average Bonchev–Trinajstić information content (AvgIpc) is 2.72. The van der Waals surface area contributed by atoms with Crippen LogP contribution in [-0.2, 0) is 4.79 Å². The Bertz CT molecular complexity index is 455. The van der Waals surface area contributed by atoms with Gasteiger partial charge in [-0.25, -0.2) is 13.2 Å². The zero-order valence-electron chi connectivity index (χ0n) is 9.55. The van der Waals surface area contributed by atoms with E-state index in [1.807, 2.05) is 0 Å². The third-order valence-electron chi connectivity index (χ3n) is 3.10. The number of hydrogen-bond acceptors (Lipinski definition) is 2. The predicted octanol–water partition coefficient (Wildman–Crippen LogP) is 2.17. The van der Waals surface area contributed by atoms with E-state index in [0.29, 0.717) is 12.8 Å². The highest BCUT2D eigenvalue weighted by atomic mass is 19.2. The Balaban J connectivity index is 2.07. The van der Waals surface area contributed by atoms with E-state index in [2.05, 4.69) is 5.32 Å². The Labute approximate surface area is 102 Å². The molecule has 1 aliphatic rings. The van der Waals surface area contributed by atoms with Crippen LogP contribution in [0.5, 0.6) is 0 Å². The molecule has 0 spiro atoms. The van der Waals surface area contributed by atoms with E-state index in [-0.39, 0.29) is 23.6 Å². The lowest BCUT2D eigenvalue weighted by Gasteiger charge is -2.11. The van der Waals surface area contributed by atoms with Gasteiger partial charge in [-0.3, -0.25) is 4.79 Å². The van der Waals surface area contributed by atoms with Crippen molar-refractivity contribution in [3.8, 4) is 0 Å². The summed E-state index contributed by atoms with van der Waals surface area (Å²) in [6, 6.07) is 1.50. The lowest BCUT2D eigenvalue weighted by molar-refractivity contribution is -0.119. The Morgan fingerprint density at radius 3 is 2.33 bits per heavy atom. The molecule has 6 heteroatoms. The summed E-state index contributed by atoms with van der Waals surface area (Å²) in [5, 5.41) is 2.37. The van der Waals surface area contributed by atoms with Crippen LogP contribution in [0.2, 0.25) is 0 Å². The topological polar surface area (TPSA) is 55.1 Å². The maximum Gasteiger partial charge on any atom is 0.227 e. The van der Waals surface area contributed by atoms with Crippen molar-refractivity contribution in [1.82, 2.24) is 0 Å². The largest absolute Gasteiger partial charge is 0.328 e. The average molecular weight is 258 g/mol. The van der Waals surface area contributed by atoms with Gasteiger partial charge in [0.15, 0.2) is 17.5 Å². The second-order valence-corrected chi connectivity index (χ2v) is 4.51. The molecule has 1 saturated carbocycles. The lowest BCUT2D eigenvalue weighted by atomic mass is 10.1. The highest BCUT2D eigenvalue weighted by Crippen LogP contribution is 2.26. The Kier molecular flexibility index (Phi) is 3.56. The summed E-state index contributed by atoms with van der Waals surface area (Å²) in [5.74, 6) is -4.79. The van der Waals surface area contributed by atoms with Crippen molar-refractivity contribution in [2.75, 3.05) is 5.32 Å². The lowest BCUT2D eigenvalue weighted by Crippen LogP contribution is -2.23. The molecule has 0 radical (unpaired) electrons. The number of anilines is 1. The molecule has 1 aromatic carbocycles. The summed E-state index contributed by atoms with van der Waals surface area (Å²) in [5.41, 5.74) is 5.59. The minimum absolute atomic E-state index is 0.0116. The van der Waals surface area contributed by atoms with Gasteiger partial charge < -0.3 is 11.1 Å². The van der Waals surface area contributed by atoms with E-state index < -0.39 is 17.5 Å². The van der Waals surface area contributed by atoms with E-state index in [9.17, 15) is 18.0 Å². The zero-order valence-corrected chi connectivity index (χ0v) is 9.55. The number of nitrogens with two attached hydrogens (primary N) is 1. The van der Waals surface area contributed by atoms with Gasteiger partial charge in [0.1, 0.15) is 0 Å². The normalized spacial score (nSPS) is 23.1. The number of carbonyl (C=O) groups excluding carboxylic acids is 1. The van der Waals surface area contributed by atoms with E-state index in [0.717, 1.165) is 18.6 Å². The first-order chi connectivity index (χ1) is 8.47. The zero-order chi connectivity index (χ0) is 13.3. The minimum Gasteiger partial charge on any atom is -0.328 e. The number of halogens is 3. The standard InChI is InChI=1S/C12H13F3N2O/c13-9-4-8(5-10(14)11(9)15)17-12(18)6-1-2-7(16)3-6/h4-7H,1-3,16H2,(H,17,18). The van der Waals surface area contributed by atoms with Crippen LogP contribution >= 0.6 is 0 Å². The molecule has 0 aliphatic heterocycles. The Morgan fingerprint density at radius 1 is 1.22 bits per heavy atom. The van der Waals surface area contributed by atoms with Gasteiger partial charge in [-0.1, -0.05) is 0 Å². The molecule has 1 amide bonds. The molecule has 0 bridgehead atoms.